The Morgan fingerprint density at radius 1 is 1.38 bits per heavy atom. The second-order valence-electron chi connectivity index (χ2n) is 3.72. The average Bonchev–Trinajstić information content (AvgIpc) is 2.16. The Morgan fingerprint density at radius 2 is 1.94 bits per heavy atom. The van der Waals surface area contributed by atoms with Crippen molar-refractivity contribution in [2.75, 3.05) is 0 Å². The van der Waals surface area contributed by atoms with Crippen molar-refractivity contribution in [2.24, 2.45) is 0 Å². The number of hydrogen-bond acceptors (Lipinski definition) is 1. The molecule has 1 aromatic carbocycles. The molecule has 0 aliphatic carbocycles. The Balaban J connectivity index is 3.04. The van der Waals surface area contributed by atoms with E-state index >= 15 is 0 Å². The van der Waals surface area contributed by atoms with Crippen molar-refractivity contribution in [1.82, 2.24) is 0 Å². The smallest absolute Gasteiger partial charge is 0.303 e. The number of rotatable bonds is 5. The summed E-state index contributed by atoms with van der Waals surface area (Å²) >= 11 is 12.1. The van der Waals surface area contributed by atoms with Crippen LogP contribution >= 0.6 is 23.2 Å². The summed E-state index contributed by atoms with van der Waals surface area (Å²) in [5.41, 5.74) is 0.759. The highest BCUT2D eigenvalue weighted by atomic mass is 35.5. The van der Waals surface area contributed by atoms with Crippen molar-refractivity contribution in [3.8, 4) is 0 Å². The molecule has 0 aliphatic heterocycles. The van der Waals surface area contributed by atoms with Gasteiger partial charge in [0.25, 0.3) is 0 Å². The molecule has 0 bridgehead atoms. The Labute approximate surface area is 105 Å². The third-order valence-electron chi connectivity index (χ3n) is 2.47. The predicted molar refractivity (Wildman–Crippen MR) is 66.4 cm³/mol. The molecule has 1 N–H and O–H groups in total. The van der Waals surface area contributed by atoms with Gasteiger partial charge in [0.05, 0.1) is 6.42 Å². The van der Waals surface area contributed by atoms with E-state index in [2.05, 4.69) is 0 Å². The minimum atomic E-state index is -0.825. The van der Waals surface area contributed by atoms with Crippen molar-refractivity contribution in [3.05, 3.63) is 33.8 Å². The minimum absolute atomic E-state index is 0.0668. The highest BCUT2D eigenvalue weighted by Gasteiger charge is 2.19. The van der Waals surface area contributed by atoms with Crippen molar-refractivity contribution in [3.63, 3.8) is 0 Å². The zero-order valence-corrected chi connectivity index (χ0v) is 10.6. The fourth-order valence-corrected chi connectivity index (χ4v) is 2.51. The van der Waals surface area contributed by atoms with Gasteiger partial charge in [-0.1, -0.05) is 42.6 Å². The summed E-state index contributed by atoms with van der Waals surface area (Å²) in [6, 6.07) is 5.25. The summed E-state index contributed by atoms with van der Waals surface area (Å²) in [5, 5.41) is 9.96. The van der Waals surface area contributed by atoms with Crippen LogP contribution in [0.15, 0.2) is 18.2 Å². The van der Waals surface area contributed by atoms with Crippen molar-refractivity contribution in [1.29, 1.82) is 0 Å². The lowest BCUT2D eigenvalue weighted by Crippen LogP contribution is -2.07. The van der Waals surface area contributed by atoms with Crippen LogP contribution in [0.1, 0.15) is 37.7 Å². The molecule has 0 aromatic heterocycles. The topological polar surface area (TPSA) is 37.3 Å². The maximum atomic E-state index is 10.8. The first-order valence-corrected chi connectivity index (χ1v) is 5.97. The molecule has 4 heteroatoms. The first-order chi connectivity index (χ1) is 7.56. The summed E-state index contributed by atoms with van der Waals surface area (Å²) in [6.45, 7) is 2.01. The molecule has 1 unspecified atom stereocenters. The molecule has 1 aromatic rings. The van der Waals surface area contributed by atoms with Gasteiger partial charge < -0.3 is 5.11 Å². The highest BCUT2D eigenvalue weighted by Crippen LogP contribution is 2.36. The van der Waals surface area contributed by atoms with Crippen LogP contribution in [0.5, 0.6) is 0 Å². The van der Waals surface area contributed by atoms with Gasteiger partial charge in [0, 0.05) is 10.0 Å². The molecule has 0 saturated carbocycles. The molecule has 0 heterocycles. The maximum absolute atomic E-state index is 10.8. The lowest BCUT2D eigenvalue weighted by Gasteiger charge is -2.17. The maximum Gasteiger partial charge on any atom is 0.303 e. The van der Waals surface area contributed by atoms with Crippen LogP contribution in [0, 0.1) is 0 Å². The molecule has 0 amide bonds. The van der Waals surface area contributed by atoms with E-state index in [0.717, 1.165) is 18.4 Å². The molecular weight excluding hydrogens is 247 g/mol. The summed E-state index contributed by atoms with van der Waals surface area (Å²) in [4.78, 5) is 10.8. The van der Waals surface area contributed by atoms with Crippen molar-refractivity contribution >= 4 is 29.2 Å². The van der Waals surface area contributed by atoms with E-state index in [1.54, 1.807) is 18.2 Å². The number of halogens is 2. The second kappa shape index (κ2) is 6.12. The van der Waals surface area contributed by atoms with Gasteiger partial charge in [0.2, 0.25) is 0 Å². The van der Waals surface area contributed by atoms with E-state index in [1.165, 1.54) is 0 Å². The third kappa shape index (κ3) is 3.39. The Hall–Kier alpha value is -0.730. The van der Waals surface area contributed by atoms with E-state index < -0.39 is 5.97 Å². The van der Waals surface area contributed by atoms with Crippen LogP contribution < -0.4 is 0 Å². The zero-order chi connectivity index (χ0) is 12.1. The van der Waals surface area contributed by atoms with Gasteiger partial charge in [-0.15, -0.1) is 0 Å². The quantitative estimate of drug-likeness (QED) is 0.855. The predicted octanol–water partition coefficient (Wildman–Crippen LogP) is 4.35. The molecule has 0 spiro atoms. The number of carbonyl (C=O) groups is 1. The van der Waals surface area contributed by atoms with Gasteiger partial charge >= 0.3 is 5.97 Å². The Bertz CT molecular complexity index is 357. The Morgan fingerprint density at radius 3 is 2.38 bits per heavy atom. The summed E-state index contributed by atoms with van der Waals surface area (Å²) in [6.07, 6.45) is 1.74. The van der Waals surface area contributed by atoms with Crippen LogP contribution in [-0.4, -0.2) is 11.1 Å². The number of carboxylic acid groups (broad SMARTS) is 1. The Kier molecular flexibility index (Phi) is 5.10. The van der Waals surface area contributed by atoms with E-state index in [9.17, 15) is 4.79 Å². The molecule has 1 rings (SSSR count). The van der Waals surface area contributed by atoms with Crippen molar-refractivity contribution in [2.45, 2.75) is 32.1 Å². The number of aliphatic carboxylic acids is 1. The molecule has 1 atom stereocenters. The first-order valence-electron chi connectivity index (χ1n) is 5.22. The zero-order valence-electron chi connectivity index (χ0n) is 9.04. The summed E-state index contributed by atoms with van der Waals surface area (Å²) < 4.78 is 0. The lowest BCUT2D eigenvalue weighted by atomic mass is 9.91. The summed E-state index contributed by atoms with van der Waals surface area (Å²) in [5.74, 6) is -0.932. The molecule has 0 radical (unpaired) electrons. The normalized spacial score (nSPS) is 12.4. The SMILES string of the molecule is CCCC(CC(=O)O)c1c(Cl)cccc1Cl. The third-order valence-corrected chi connectivity index (χ3v) is 3.13. The van der Waals surface area contributed by atoms with Gasteiger partial charge in [0.15, 0.2) is 0 Å². The van der Waals surface area contributed by atoms with Gasteiger partial charge in [-0.3, -0.25) is 4.79 Å². The van der Waals surface area contributed by atoms with Gasteiger partial charge in [0.1, 0.15) is 0 Å². The first kappa shape index (κ1) is 13.3. The van der Waals surface area contributed by atoms with Crippen LogP contribution in [0.3, 0.4) is 0 Å². The van der Waals surface area contributed by atoms with Crippen LogP contribution in [0.25, 0.3) is 0 Å². The van der Waals surface area contributed by atoms with Crippen LogP contribution in [0.2, 0.25) is 10.0 Å². The van der Waals surface area contributed by atoms with E-state index in [1.807, 2.05) is 6.92 Å². The largest absolute Gasteiger partial charge is 0.481 e. The standard InChI is InChI=1S/C12H14Cl2O2/c1-2-4-8(7-11(15)16)12-9(13)5-3-6-10(12)14/h3,5-6,8H,2,4,7H2,1H3,(H,15,16). The molecule has 2 nitrogen and oxygen atoms in total. The van der Waals surface area contributed by atoms with Crippen LogP contribution in [0.4, 0.5) is 0 Å². The van der Waals surface area contributed by atoms with Gasteiger partial charge in [-0.05, 0) is 30.0 Å². The number of carboxylic acids is 1. The molecule has 0 fully saturated rings. The average molecular weight is 261 g/mol. The monoisotopic (exact) mass is 260 g/mol. The fourth-order valence-electron chi connectivity index (χ4n) is 1.81. The molecule has 0 saturated heterocycles. The van der Waals surface area contributed by atoms with E-state index in [0.29, 0.717) is 10.0 Å². The van der Waals surface area contributed by atoms with Crippen LogP contribution in [-0.2, 0) is 4.79 Å². The second-order valence-corrected chi connectivity index (χ2v) is 4.53. The van der Waals surface area contributed by atoms with E-state index in [-0.39, 0.29) is 12.3 Å². The summed E-state index contributed by atoms with van der Waals surface area (Å²) in [7, 11) is 0. The molecule has 88 valence electrons. The number of hydrogen-bond donors (Lipinski definition) is 1. The van der Waals surface area contributed by atoms with Gasteiger partial charge in [-0.25, -0.2) is 0 Å². The molecule has 0 aliphatic rings. The molecular formula is C12H14Cl2O2. The highest BCUT2D eigenvalue weighted by molar-refractivity contribution is 6.36. The fraction of sp³-hybridized carbons (Fsp3) is 0.417. The van der Waals surface area contributed by atoms with Gasteiger partial charge in [-0.2, -0.15) is 0 Å². The van der Waals surface area contributed by atoms with E-state index in [4.69, 9.17) is 28.3 Å². The lowest BCUT2D eigenvalue weighted by molar-refractivity contribution is -0.137. The molecule has 16 heavy (non-hydrogen) atoms. The number of benzene rings is 1. The van der Waals surface area contributed by atoms with Crippen molar-refractivity contribution < 1.29 is 9.90 Å². The minimum Gasteiger partial charge on any atom is -0.481 e.